The Labute approximate surface area is 116 Å². The van der Waals surface area contributed by atoms with Crippen LogP contribution in [0.3, 0.4) is 0 Å². The van der Waals surface area contributed by atoms with Crippen LogP contribution in [0, 0.1) is 11.8 Å². The summed E-state index contributed by atoms with van der Waals surface area (Å²) in [6.07, 6.45) is 7.62. The second-order valence-electron chi connectivity index (χ2n) is 4.40. The van der Waals surface area contributed by atoms with Crippen LogP contribution in [0.4, 0.5) is 0 Å². The monoisotopic (exact) mass is 264 g/mol. The summed E-state index contributed by atoms with van der Waals surface area (Å²) >= 11 is 0. The van der Waals surface area contributed by atoms with E-state index in [0.29, 0.717) is 0 Å². The maximum atomic E-state index is 10.7. The lowest BCUT2D eigenvalue weighted by Gasteiger charge is -2.19. The fraction of sp³-hybridized carbons (Fsp3) is 0.0625. The van der Waals surface area contributed by atoms with Gasteiger partial charge in [-0.1, -0.05) is 42.3 Å². The number of rotatable bonds is 1. The summed E-state index contributed by atoms with van der Waals surface area (Å²) in [4.78, 5) is 10.7. The zero-order valence-corrected chi connectivity index (χ0v) is 10.6. The Hall–Kier alpha value is -2.77. The normalized spacial score (nSPS) is 19.6. The number of carbonyl (C=O) groups is 1. The first-order chi connectivity index (χ1) is 9.75. The molecule has 0 saturated heterocycles. The summed E-state index contributed by atoms with van der Waals surface area (Å²) < 4.78 is 0. The molecule has 2 N–H and O–H groups in total. The molecule has 0 aliphatic carbocycles. The highest BCUT2D eigenvalue weighted by Gasteiger charge is 2.29. The van der Waals surface area contributed by atoms with Gasteiger partial charge < -0.3 is 5.11 Å². The topological polar surface area (TPSA) is 52.6 Å². The van der Waals surface area contributed by atoms with Gasteiger partial charge in [-0.15, -0.1) is 0 Å². The van der Waals surface area contributed by atoms with Crippen molar-refractivity contribution < 1.29 is 9.90 Å². The Kier molecular flexibility index (Phi) is 3.12. The minimum Gasteiger partial charge on any atom is -0.472 e. The van der Waals surface area contributed by atoms with E-state index in [0.717, 1.165) is 16.8 Å². The molecule has 1 atom stereocenters. The first-order valence-electron chi connectivity index (χ1n) is 6.20. The van der Waals surface area contributed by atoms with Gasteiger partial charge in [0.25, 0.3) is 0 Å². The quantitative estimate of drug-likeness (QED) is 0.761. The van der Waals surface area contributed by atoms with Crippen molar-refractivity contribution in [3.8, 4) is 11.8 Å². The summed E-state index contributed by atoms with van der Waals surface area (Å²) in [7, 11) is 0. The van der Waals surface area contributed by atoms with Crippen LogP contribution >= 0.6 is 0 Å². The summed E-state index contributed by atoms with van der Waals surface area (Å²) in [5, 5.41) is 10.6. The van der Waals surface area contributed by atoms with Crippen molar-refractivity contribution in [3.63, 3.8) is 0 Å². The number of aliphatic carboxylic acids is 1. The van der Waals surface area contributed by atoms with E-state index in [4.69, 9.17) is 5.11 Å². The molecule has 0 radical (unpaired) electrons. The number of carboxylic acid groups (broad SMARTS) is 1. The van der Waals surface area contributed by atoms with E-state index in [1.54, 1.807) is 0 Å². The molecule has 0 fully saturated rings. The molecular weight excluding hydrogens is 252 g/mol. The number of hydrazine groups is 1. The number of nitrogens with one attached hydrogen (secondary N) is 1. The van der Waals surface area contributed by atoms with Gasteiger partial charge >= 0.3 is 5.97 Å². The molecule has 20 heavy (non-hydrogen) atoms. The van der Waals surface area contributed by atoms with Crippen molar-refractivity contribution >= 4 is 5.97 Å². The Morgan fingerprint density at radius 1 is 1.25 bits per heavy atom. The Morgan fingerprint density at radius 3 is 2.80 bits per heavy atom. The van der Waals surface area contributed by atoms with Gasteiger partial charge in [-0.3, -0.25) is 5.01 Å². The number of allylic oxidation sites excluding steroid dienone is 3. The van der Waals surface area contributed by atoms with Crippen molar-refractivity contribution in [2.75, 3.05) is 0 Å². The first-order valence-corrected chi connectivity index (χ1v) is 6.20. The van der Waals surface area contributed by atoms with Crippen molar-refractivity contribution in [1.29, 1.82) is 0 Å². The molecule has 0 saturated carbocycles. The Morgan fingerprint density at radius 2 is 2.05 bits per heavy atom. The van der Waals surface area contributed by atoms with Gasteiger partial charge in [-0.05, 0) is 17.7 Å². The van der Waals surface area contributed by atoms with Crippen LogP contribution in [-0.2, 0) is 4.79 Å². The molecular formula is C16H12N2O2. The smallest absolute Gasteiger partial charge is 0.382 e. The Bertz CT molecular complexity index is 690. The predicted octanol–water partition coefficient (Wildman–Crippen LogP) is 1.97. The maximum absolute atomic E-state index is 10.7. The molecule has 1 unspecified atom stereocenters. The fourth-order valence-corrected chi connectivity index (χ4v) is 2.27. The van der Waals surface area contributed by atoms with E-state index in [9.17, 15) is 4.79 Å². The van der Waals surface area contributed by atoms with E-state index in [2.05, 4.69) is 17.3 Å². The maximum Gasteiger partial charge on any atom is 0.382 e. The Balaban J connectivity index is 2.06. The molecule has 0 amide bonds. The van der Waals surface area contributed by atoms with Gasteiger partial charge in [0, 0.05) is 12.1 Å². The molecule has 0 spiro atoms. The van der Waals surface area contributed by atoms with E-state index in [1.165, 1.54) is 0 Å². The van der Waals surface area contributed by atoms with Gasteiger partial charge in [0.05, 0.1) is 17.3 Å². The fourth-order valence-electron chi connectivity index (χ4n) is 2.27. The molecule has 2 heterocycles. The molecule has 3 rings (SSSR count). The highest BCUT2D eigenvalue weighted by molar-refractivity contribution is 5.87. The third kappa shape index (κ3) is 2.22. The predicted molar refractivity (Wildman–Crippen MR) is 74.9 cm³/mol. The van der Waals surface area contributed by atoms with Crippen LogP contribution < -0.4 is 5.43 Å². The van der Waals surface area contributed by atoms with Gasteiger partial charge in [0.1, 0.15) is 0 Å². The molecule has 0 bridgehead atoms. The largest absolute Gasteiger partial charge is 0.472 e. The van der Waals surface area contributed by atoms with E-state index < -0.39 is 5.97 Å². The number of nitrogens with zero attached hydrogens (tertiary/aromatic N) is 1. The zero-order chi connectivity index (χ0) is 13.9. The third-order valence-electron chi connectivity index (χ3n) is 3.13. The molecule has 1 aromatic carbocycles. The molecule has 4 nitrogen and oxygen atoms in total. The molecule has 1 aromatic rings. The van der Waals surface area contributed by atoms with Crippen LogP contribution in [0.15, 0.2) is 66.0 Å². The van der Waals surface area contributed by atoms with Crippen LogP contribution in [0.5, 0.6) is 0 Å². The minimum atomic E-state index is -1.13. The minimum absolute atomic E-state index is 0.134. The average Bonchev–Trinajstić information content (AvgIpc) is 2.84. The lowest BCUT2D eigenvalue weighted by molar-refractivity contribution is -0.130. The summed E-state index contributed by atoms with van der Waals surface area (Å²) in [6.45, 7) is 0. The number of carboxylic acids is 1. The lowest BCUT2D eigenvalue weighted by atomic mass is 9.99. The molecule has 0 aromatic heterocycles. The zero-order valence-electron chi connectivity index (χ0n) is 10.6. The van der Waals surface area contributed by atoms with Crippen molar-refractivity contribution in [3.05, 3.63) is 71.6 Å². The summed E-state index contributed by atoms with van der Waals surface area (Å²) in [5.74, 6) is 3.85. The third-order valence-corrected chi connectivity index (χ3v) is 3.13. The van der Waals surface area contributed by atoms with Crippen LogP contribution in [-0.4, -0.2) is 16.1 Å². The molecule has 2 aliphatic heterocycles. The number of fused-ring (bicyclic) bond motifs is 1. The van der Waals surface area contributed by atoms with Crippen LogP contribution in [0.1, 0.15) is 11.6 Å². The number of benzene rings is 1. The van der Waals surface area contributed by atoms with Crippen molar-refractivity contribution in [2.45, 2.75) is 6.04 Å². The molecule has 2 aliphatic rings. The van der Waals surface area contributed by atoms with Crippen LogP contribution in [0.2, 0.25) is 0 Å². The van der Waals surface area contributed by atoms with E-state index in [1.807, 2.05) is 59.8 Å². The number of hydrogen-bond donors (Lipinski definition) is 2. The van der Waals surface area contributed by atoms with E-state index in [-0.39, 0.29) is 6.04 Å². The van der Waals surface area contributed by atoms with Gasteiger partial charge in [-0.25, -0.2) is 10.2 Å². The number of hydrogen-bond acceptors (Lipinski definition) is 3. The highest BCUT2D eigenvalue weighted by atomic mass is 16.4. The van der Waals surface area contributed by atoms with Crippen molar-refractivity contribution in [1.82, 2.24) is 10.4 Å². The first kappa shape index (κ1) is 12.3. The second-order valence-corrected chi connectivity index (χ2v) is 4.40. The van der Waals surface area contributed by atoms with Crippen molar-refractivity contribution in [2.24, 2.45) is 0 Å². The van der Waals surface area contributed by atoms with Gasteiger partial charge in [-0.2, -0.15) is 0 Å². The molecule has 4 heteroatoms. The van der Waals surface area contributed by atoms with Crippen LogP contribution in [0.25, 0.3) is 0 Å². The highest BCUT2D eigenvalue weighted by Crippen LogP contribution is 2.33. The van der Waals surface area contributed by atoms with Gasteiger partial charge in [0.15, 0.2) is 0 Å². The average molecular weight is 264 g/mol. The lowest BCUT2D eigenvalue weighted by Crippen LogP contribution is -2.29. The second kappa shape index (κ2) is 5.08. The SMILES string of the molecule is O=C(O)C#CC1=C2C=CC=CN2NC1c1ccccc1. The molecule has 98 valence electrons. The summed E-state index contributed by atoms with van der Waals surface area (Å²) in [6, 6.07) is 9.70. The standard InChI is InChI=1S/C16H12N2O2/c19-15(20)10-9-13-14-8-4-5-11-18(14)17-16(13)12-6-2-1-3-7-12/h1-8,11,16-17H,(H,19,20). The van der Waals surface area contributed by atoms with E-state index >= 15 is 0 Å². The van der Waals surface area contributed by atoms with Gasteiger partial charge in [0.2, 0.25) is 0 Å². The summed E-state index contributed by atoms with van der Waals surface area (Å²) in [5.41, 5.74) is 6.00.